The molecule has 2 saturated heterocycles. The van der Waals surface area contributed by atoms with Gasteiger partial charge in [-0.15, -0.1) is 0 Å². The molecule has 0 aliphatic carbocycles. The van der Waals surface area contributed by atoms with E-state index in [2.05, 4.69) is 52.8 Å². The summed E-state index contributed by atoms with van der Waals surface area (Å²) in [6, 6.07) is 8.51. The van der Waals surface area contributed by atoms with E-state index in [1.165, 1.54) is 18.5 Å². The third-order valence-corrected chi connectivity index (χ3v) is 5.71. The number of hydrogen-bond donors (Lipinski definition) is 0. The summed E-state index contributed by atoms with van der Waals surface area (Å²) in [5.41, 5.74) is 3.27. The maximum absolute atomic E-state index is 4.61. The fourth-order valence-electron chi connectivity index (χ4n) is 4.16. The fourth-order valence-corrected chi connectivity index (χ4v) is 4.16. The molecule has 0 amide bonds. The van der Waals surface area contributed by atoms with E-state index in [1.54, 1.807) is 6.33 Å². The maximum Gasteiger partial charge on any atom is 0.225 e. The van der Waals surface area contributed by atoms with Crippen LogP contribution in [0.1, 0.15) is 18.5 Å². The van der Waals surface area contributed by atoms with E-state index in [-0.39, 0.29) is 0 Å². The Morgan fingerprint density at radius 2 is 1.57 bits per heavy atom. The molecule has 3 aromatic rings. The van der Waals surface area contributed by atoms with E-state index in [9.17, 15) is 0 Å². The molecule has 7 heteroatoms. The molecule has 2 aliphatic rings. The first-order valence-corrected chi connectivity index (χ1v) is 10.1. The molecule has 0 radical (unpaired) electrons. The molecule has 0 saturated carbocycles. The van der Waals surface area contributed by atoms with Crippen molar-refractivity contribution in [2.24, 2.45) is 0 Å². The first kappa shape index (κ1) is 17.2. The third-order valence-electron chi connectivity index (χ3n) is 5.71. The van der Waals surface area contributed by atoms with Crippen molar-refractivity contribution in [1.29, 1.82) is 0 Å². The first-order valence-electron chi connectivity index (χ1n) is 10.1. The molecular formula is C21H25N7. The normalized spacial score (nSPS) is 17.5. The van der Waals surface area contributed by atoms with Gasteiger partial charge >= 0.3 is 0 Å². The SMILES string of the molecule is Cc1ccnc(N2CCN(c3ccc4ncnc(N5CCCC5)c4c3)CC2)n1. The molecule has 144 valence electrons. The topological polar surface area (TPSA) is 61.3 Å². The zero-order valence-corrected chi connectivity index (χ0v) is 16.3. The Morgan fingerprint density at radius 1 is 0.786 bits per heavy atom. The quantitative estimate of drug-likeness (QED) is 0.697. The van der Waals surface area contributed by atoms with Crippen LogP contribution in [0.15, 0.2) is 36.8 Å². The Morgan fingerprint density at radius 3 is 2.36 bits per heavy atom. The zero-order valence-electron chi connectivity index (χ0n) is 16.3. The number of piperazine rings is 1. The van der Waals surface area contributed by atoms with Crippen LogP contribution in [0.4, 0.5) is 17.5 Å². The Hall–Kier alpha value is -2.96. The number of nitrogens with zero attached hydrogens (tertiary/aromatic N) is 7. The zero-order chi connectivity index (χ0) is 18.9. The average Bonchev–Trinajstić information content (AvgIpc) is 3.28. The molecule has 0 atom stereocenters. The van der Waals surface area contributed by atoms with Crippen molar-refractivity contribution in [3.05, 3.63) is 42.5 Å². The van der Waals surface area contributed by atoms with E-state index < -0.39 is 0 Å². The summed E-state index contributed by atoms with van der Waals surface area (Å²) < 4.78 is 0. The molecule has 2 aromatic heterocycles. The number of fused-ring (bicyclic) bond motifs is 1. The lowest BCUT2D eigenvalue weighted by Gasteiger charge is -2.36. The summed E-state index contributed by atoms with van der Waals surface area (Å²) in [4.78, 5) is 25.2. The monoisotopic (exact) mass is 375 g/mol. The van der Waals surface area contributed by atoms with E-state index in [4.69, 9.17) is 0 Å². The van der Waals surface area contributed by atoms with Gasteiger partial charge in [0.2, 0.25) is 5.95 Å². The summed E-state index contributed by atoms with van der Waals surface area (Å²) in [5.74, 6) is 1.92. The molecule has 0 N–H and O–H groups in total. The number of benzene rings is 1. The number of aryl methyl sites for hydroxylation is 1. The minimum atomic E-state index is 0.836. The molecule has 7 nitrogen and oxygen atoms in total. The highest BCUT2D eigenvalue weighted by Crippen LogP contribution is 2.30. The van der Waals surface area contributed by atoms with Crippen LogP contribution in [-0.2, 0) is 0 Å². The van der Waals surface area contributed by atoms with Crippen LogP contribution in [-0.4, -0.2) is 59.2 Å². The highest BCUT2D eigenvalue weighted by molar-refractivity contribution is 5.92. The molecule has 2 aliphatic heterocycles. The van der Waals surface area contributed by atoms with Gasteiger partial charge in [0.05, 0.1) is 5.52 Å². The molecule has 1 aromatic carbocycles. The second kappa shape index (κ2) is 7.22. The third kappa shape index (κ3) is 3.21. The highest BCUT2D eigenvalue weighted by Gasteiger charge is 2.21. The minimum absolute atomic E-state index is 0.836. The van der Waals surface area contributed by atoms with Crippen LogP contribution in [0.3, 0.4) is 0 Å². The van der Waals surface area contributed by atoms with Gasteiger partial charge in [0.25, 0.3) is 0 Å². The van der Waals surface area contributed by atoms with Crippen molar-refractivity contribution < 1.29 is 0 Å². The molecule has 0 unspecified atom stereocenters. The van der Waals surface area contributed by atoms with E-state index in [0.717, 1.165) is 67.6 Å². The summed E-state index contributed by atoms with van der Waals surface area (Å²) in [6.07, 6.45) is 6.02. The lowest BCUT2D eigenvalue weighted by Crippen LogP contribution is -2.47. The number of hydrogen-bond acceptors (Lipinski definition) is 7. The molecular weight excluding hydrogens is 350 g/mol. The number of aromatic nitrogens is 4. The maximum atomic E-state index is 4.61. The Kier molecular flexibility index (Phi) is 4.43. The summed E-state index contributed by atoms with van der Waals surface area (Å²) in [5, 5.41) is 1.16. The van der Waals surface area contributed by atoms with Gasteiger partial charge in [0, 0.05) is 62.2 Å². The van der Waals surface area contributed by atoms with E-state index in [1.807, 2.05) is 19.2 Å². The highest BCUT2D eigenvalue weighted by atomic mass is 15.3. The van der Waals surface area contributed by atoms with Crippen molar-refractivity contribution in [2.75, 3.05) is 54.0 Å². The van der Waals surface area contributed by atoms with Crippen molar-refractivity contribution >= 4 is 28.4 Å². The Bertz CT molecular complexity index is 975. The average molecular weight is 375 g/mol. The van der Waals surface area contributed by atoms with Crippen LogP contribution in [0, 0.1) is 6.92 Å². The Balaban J connectivity index is 1.37. The van der Waals surface area contributed by atoms with Crippen LogP contribution in [0.5, 0.6) is 0 Å². The van der Waals surface area contributed by atoms with Gasteiger partial charge in [-0.25, -0.2) is 19.9 Å². The Labute approximate surface area is 165 Å². The second-order valence-electron chi connectivity index (χ2n) is 7.57. The van der Waals surface area contributed by atoms with E-state index in [0.29, 0.717) is 0 Å². The number of anilines is 3. The second-order valence-corrected chi connectivity index (χ2v) is 7.57. The molecule has 0 bridgehead atoms. The predicted octanol–water partition coefficient (Wildman–Crippen LogP) is 2.66. The first-order chi connectivity index (χ1) is 13.8. The van der Waals surface area contributed by atoms with Crippen LogP contribution < -0.4 is 14.7 Å². The molecule has 28 heavy (non-hydrogen) atoms. The van der Waals surface area contributed by atoms with Gasteiger partial charge in [-0.05, 0) is 44.0 Å². The van der Waals surface area contributed by atoms with Crippen molar-refractivity contribution in [3.8, 4) is 0 Å². The van der Waals surface area contributed by atoms with Crippen LogP contribution in [0.25, 0.3) is 10.9 Å². The molecule has 0 spiro atoms. The van der Waals surface area contributed by atoms with Crippen molar-refractivity contribution in [2.45, 2.75) is 19.8 Å². The predicted molar refractivity (Wildman–Crippen MR) is 112 cm³/mol. The molecule has 4 heterocycles. The van der Waals surface area contributed by atoms with Crippen LogP contribution >= 0.6 is 0 Å². The largest absolute Gasteiger partial charge is 0.368 e. The van der Waals surface area contributed by atoms with Crippen LogP contribution in [0.2, 0.25) is 0 Å². The van der Waals surface area contributed by atoms with Crippen molar-refractivity contribution in [1.82, 2.24) is 19.9 Å². The summed E-state index contributed by atoms with van der Waals surface area (Å²) >= 11 is 0. The minimum Gasteiger partial charge on any atom is -0.368 e. The lowest BCUT2D eigenvalue weighted by atomic mass is 10.1. The summed E-state index contributed by atoms with van der Waals surface area (Å²) in [7, 11) is 0. The van der Waals surface area contributed by atoms with Gasteiger partial charge in [0.1, 0.15) is 12.1 Å². The summed E-state index contributed by atoms with van der Waals surface area (Å²) in [6.45, 7) is 7.94. The molecule has 5 rings (SSSR count). The van der Waals surface area contributed by atoms with Gasteiger partial charge < -0.3 is 14.7 Å². The molecule has 2 fully saturated rings. The fraction of sp³-hybridized carbons (Fsp3) is 0.429. The van der Waals surface area contributed by atoms with Gasteiger partial charge in [-0.1, -0.05) is 0 Å². The number of rotatable bonds is 3. The van der Waals surface area contributed by atoms with Gasteiger partial charge in [0.15, 0.2) is 0 Å². The van der Waals surface area contributed by atoms with Gasteiger partial charge in [-0.3, -0.25) is 0 Å². The smallest absolute Gasteiger partial charge is 0.225 e. The van der Waals surface area contributed by atoms with Gasteiger partial charge in [-0.2, -0.15) is 0 Å². The standard InChI is InChI=1S/C21H25N7/c1-16-6-7-22-21(25-16)28-12-10-26(11-13-28)17-4-5-19-18(14-17)20(24-15-23-19)27-8-2-3-9-27/h4-7,14-15H,2-3,8-13H2,1H3. The van der Waals surface area contributed by atoms with E-state index >= 15 is 0 Å². The lowest BCUT2D eigenvalue weighted by molar-refractivity contribution is 0.639. The van der Waals surface area contributed by atoms with Crippen molar-refractivity contribution in [3.63, 3.8) is 0 Å².